The van der Waals surface area contributed by atoms with Crippen LogP contribution in [0.15, 0.2) is 35.7 Å². The Bertz CT molecular complexity index is 511. The maximum atomic E-state index is 6.27. The van der Waals surface area contributed by atoms with Gasteiger partial charge in [-0.1, -0.05) is 23.7 Å². The molecule has 0 fully saturated rings. The summed E-state index contributed by atoms with van der Waals surface area (Å²) >= 11 is 8.08. The lowest BCUT2D eigenvalue weighted by atomic mass is 10.1. The summed E-state index contributed by atoms with van der Waals surface area (Å²) in [6.07, 6.45) is 1.88. The number of hydrogen-bond donors (Lipinski definition) is 1. The highest BCUT2D eigenvalue weighted by atomic mass is 35.5. The number of rotatable bonds is 6. The van der Waals surface area contributed by atoms with Gasteiger partial charge in [-0.15, -0.1) is 11.3 Å². The van der Waals surface area contributed by atoms with Crippen molar-refractivity contribution in [2.24, 2.45) is 5.73 Å². The van der Waals surface area contributed by atoms with Crippen molar-refractivity contribution < 1.29 is 0 Å². The van der Waals surface area contributed by atoms with Crippen LogP contribution in [0.25, 0.3) is 0 Å². The molecule has 4 heteroatoms. The Labute approximate surface area is 123 Å². The van der Waals surface area contributed by atoms with Crippen LogP contribution in [0, 0.1) is 0 Å². The summed E-state index contributed by atoms with van der Waals surface area (Å²) in [6, 6.07) is 10.3. The first kappa shape index (κ1) is 14.4. The van der Waals surface area contributed by atoms with E-state index in [9.17, 15) is 0 Å². The van der Waals surface area contributed by atoms with Gasteiger partial charge in [0.05, 0.1) is 0 Å². The van der Waals surface area contributed by atoms with Gasteiger partial charge < -0.3 is 10.6 Å². The SMILES string of the molecule is CN(CCc1cccs1)c1cccc(Cl)c1CCN. The molecule has 0 unspecified atom stereocenters. The molecule has 0 amide bonds. The molecule has 2 nitrogen and oxygen atoms in total. The van der Waals surface area contributed by atoms with Crippen molar-refractivity contribution >= 4 is 28.6 Å². The van der Waals surface area contributed by atoms with Crippen LogP contribution in [0.3, 0.4) is 0 Å². The predicted molar refractivity (Wildman–Crippen MR) is 85.5 cm³/mol. The van der Waals surface area contributed by atoms with E-state index in [0.717, 1.165) is 30.0 Å². The number of hydrogen-bond acceptors (Lipinski definition) is 3. The fourth-order valence-electron chi connectivity index (χ4n) is 2.15. The van der Waals surface area contributed by atoms with Crippen molar-refractivity contribution in [3.8, 4) is 0 Å². The topological polar surface area (TPSA) is 29.3 Å². The van der Waals surface area contributed by atoms with E-state index >= 15 is 0 Å². The van der Waals surface area contributed by atoms with E-state index in [-0.39, 0.29) is 0 Å². The zero-order valence-electron chi connectivity index (χ0n) is 11.1. The number of nitrogens with zero attached hydrogens (tertiary/aromatic N) is 1. The fourth-order valence-corrected chi connectivity index (χ4v) is 3.11. The van der Waals surface area contributed by atoms with Gasteiger partial charge in [-0.25, -0.2) is 0 Å². The zero-order chi connectivity index (χ0) is 13.7. The normalized spacial score (nSPS) is 10.7. The predicted octanol–water partition coefficient (Wildman–Crippen LogP) is 3.58. The van der Waals surface area contributed by atoms with E-state index in [1.165, 1.54) is 10.6 Å². The van der Waals surface area contributed by atoms with Gasteiger partial charge in [0.1, 0.15) is 0 Å². The molecular weight excluding hydrogens is 276 g/mol. The molecule has 1 aromatic heterocycles. The Kier molecular flexibility index (Phi) is 5.25. The molecule has 0 aliphatic carbocycles. The summed E-state index contributed by atoms with van der Waals surface area (Å²) < 4.78 is 0. The maximum Gasteiger partial charge on any atom is 0.0459 e. The average molecular weight is 295 g/mol. The molecule has 2 N–H and O–H groups in total. The maximum absolute atomic E-state index is 6.27. The summed E-state index contributed by atoms with van der Waals surface area (Å²) in [4.78, 5) is 3.67. The summed E-state index contributed by atoms with van der Waals surface area (Å²) in [5, 5.41) is 2.93. The standard InChI is InChI=1S/C15H19ClN2S/c1-18(10-8-12-4-3-11-19-12)15-6-2-5-14(16)13(15)7-9-17/h2-6,11H,7-10,17H2,1H3. The molecule has 0 saturated heterocycles. The molecular formula is C15H19ClN2S. The third kappa shape index (κ3) is 3.72. The van der Waals surface area contributed by atoms with Crippen LogP contribution in [0.2, 0.25) is 5.02 Å². The minimum Gasteiger partial charge on any atom is -0.374 e. The molecule has 0 aliphatic heterocycles. The fraction of sp³-hybridized carbons (Fsp3) is 0.333. The number of anilines is 1. The minimum absolute atomic E-state index is 0.621. The van der Waals surface area contributed by atoms with Crippen LogP contribution in [0.5, 0.6) is 0 Å². The third-order valence-electron chi connectivity index (χ3n) is 3.17. The highest BCUT2D eigenvalue weighted by molar-refractivity contribution is 7.09. The van der Waals surface area contributed by atoms with Crippen LogP contribution in [-0.2, 0) is 12.8 Å². The van der Waals surface area contributed by atoms with Crippen LogP contribution in [0.1, 0.15) is 10.4 Å². The second kappa shape index (κ2) is 6.94. The molecule has 2 rings (SSSR count). The minimum atomic E-state index is 0.621. The van der Waals surface area contributed by atoms with Gasteiger partial charge in [0.2, 0.25) is 0 Å². The first-order chi connectivity index (χ1) is 9.22. The van der Waals surface area contributed by atoms with Crippen molar-refractivity contribution in [2.45, 2.75) is 12.8 Å². The van der Waals surface area contributed by atoms with Gasteiger partial charge in [0.25, 0.3) is 0 Å². The lowest BCUT2D eigenvalue weighted by Gasteiger charge is -2.23. The molecule has 102 valence electrons. The number of benzene rings is 1. The van der Waals surface area contributed by atoms with Gasteiger partial charge in [-0.2, -0.15) is 0 Å². The Balaban J connectivity index is 2.09. The van der Waals surface area contributed by atoms with E-state index in [1.807, 2.05) is 12.1 Å². The number of nitrogens with two attached hydrogens (primary N) is 1. The average Bonchev–Trinajstić information content (AvgIpc) is 2.92. The molecule has 19 heavy (non-hydrogen) atoms. The van der Waals surface area contributed by atoms with E-state index in [0.29, 0.717) is 6.54 Å². The van der Waals surface area contributed by atoms with Crippen molar-refractivity contribution in [3.63, 3.8) is 0 Å². The second-order valence-corrected chi connectivity index (χ2v) is 5.97. The molecule has 2 aromatic rings. The largest absolute Gasteiger partial charge is 0.374 e. The Morgan fingerprint density at radius 2 is 2.05 bits per heavy atom. The molecule has 0 atom stereocenters. The van der Waals surface area contributed by atoms with E-state index < -0.39 is 0 Å². The van der Waals surface area contributed by atoms with Crippen LogP contribution in [-0.4, -0.2) is 20.1 Å². The number of thiophene rings is 1. The van der Waals surface area contributed by atoms with Gasteiger partial charge in [-0.05, 0) is 48.5 Å². The lowest BCUT2D eigenvalue weighted by Crippen LogP contribution is -2.22. The van der Waals surface area contributed by atoms with Crippen molar-refractivity contribution in [1.29, 1.82) is 0 Å². The summed E-state index contributed by atoms with van der Waals surface area (Å²) in [5.41, 5.74) is 8.02. The smallest absolute Gasteiger partial charge is 0.0459 e. The molecule has 0 saturated carbocycles. The number of halogens is 1. The Hall–Kier alpha value is -1.03. The van der Waals surface area contributed by atoms with Crippen molar-refractivity contribution in [2.75, 3.05) is 25.0 Å². The van der Waals surface area contributed by atoms with Crippen LogP contribution < -0.4 is 10.6 Å². The van der Waals surface area contributed by atoms with E-state index in [1.54, 1.807) is 11.3 Å². The lowest BCUT2D eigenvalue weighted by molar-refractivity contribution is 0.869. The van der Waals surface area contributed by atoms with Gasteiger partial charge in [-0.3, -0.25) is 0 Å². The van der Waals surface area contributed by atoms with Crippen LogP contribution >= 0.6 is 22.9 Å². The van der Waals surface area contributed by atoms with Gasteiger partial charge in [0, 0.05) is 29.2 Å². The van der Waals surface area contributed by atoms with Crippen molar-refractivity contribution in [3.05, 3.63) is 51.2 Å². The Morgan fingerprint density at radius 1 is 1.21 bits per heavy atom. The molecule has 0 bridgehead atoms. The quantitative estimate of drug-likeness (QED) is 0.882. The highest BCUT2D eigenvalue weighted by Crippen LogP contribution is 2.27. The van der Waals surface area contributed by atoms with E-state index in [4.69, 9.17) is 17.3 Å². The summed E-state index contributed by atoms with van der Waals surface area (Å²) in [7, 11) is 2.11. The molecule has 0 aliphatic rings. The van der Waals surface area contributed by atoms with Gasteiger partial charge >= 0.3 is 0 Å². The monoisotopic (exact) mass is 294 g/mol. The van der Waals surface area contributed by atoms with Crippen LogP contribution in [0.4, 0.5) is 5.69 Å². The molecule has 1 aromatic carbocycles. The zero-order valence-corrected chi connectivity index (χ0v) is 12.7. The summed E-state index contributed by atoms with van der Waals surface area (Å²) in [6.45, 7) is 1.61. The summed E-state index contributed by atoms with van der Waals surface area (Å²) in [5.74, 6) is 0. The highest BCUT2D eigenvalue weighted by Gasteiger charge is 2.10. The second-order valence-electron chi connectivity index (χ2n) is 4.53. The molecule has 0 radical (unpaired) electrons. The third-order valence-corrected chi connectivity index (χ3v) is 4.46. The number of likely N-dealkylation sites (N-methyl/N-ethyl adjacent to an activating group) is 1. The van der Waals surface area contributed by atoms with E-state index in [2.05, 4.69) is 35.5 Å². The Morgan fingerprint density at radius 3 is 2.74 bits per heavy atom. The first-order valence-electron chi connectivity index (χ1n) is 6.43. The van der Waals surface area contributed by atoms with Gasteiger partial charge in [0.15, 0.2) is 0 Å². The molecule has 1 heterocycles. The first-order valence-corrected chi connectivity index (χ1v) is 7.69. The van der Waals surface area contributed by atoms with Crippen molar-refractivity contribution in [1.82, 2.24) is 0 Å². The molecule has 0 spiro atoms.